The van der Waals surface area contributed by atoms with Crippen LogP contribution in [0.25, 0.3) is 0 Å². The molecule has 11 heteroatoms. The Balaban J connectivity index is 0.000000213. The molecule has 0 fully saturated rings. The number of rotatable bonds is 12. The lowest BCUT2D eigenvalue weighted by Gasteiger charge is -2.21. The van der Waals surface area contributed by atoms with Gasteiger partial charge in [-0.15, -0.1) is 0 Å². The Morgan fingerprint density at radius 3 is 1.83 bits per heavy atom. The fraction of sp³-hybridized carbons (Fsp3) is 0.222. The average molecular weight is 637 g/mol. The summed E-state index contributed by atoms with van der Waals surface area (Å²) in [5, 5.41) is 5.35. The van der Waals surface area contributed by atoms with Crippen molar-refractivity contribution in [2.45, 2.75) is 46.8 Å². The molecule has 47 heavy (non-hydrogen) atoms. The number of nitrogens with one attached hydrogen (secondary N) is 2. The number of nitrogens with two attached hydrogens (primary N) is 1. The second-order valence-corrected chi connectivity index (χ2v) is 10.9. The normalized spacial score (nSPS) is 10.5. The maximum atomic E-state index is 11.9. The van der Waals surface area contributed by atoms with Gasteiger partial charge in [0.1, 0.15) is 13.2 Å². The van der Waals surface area contributed by atoms with Gasteiger partial charge >= 0.3 is 11.7 Å². The molecule has 0 aliphatic heterocycles. The van der Waals surface area contributed by atoms with Gasteiger partial charge in [-0.25, -0.2) is 19.3 Å². The van der Waals surface area contributed by atoms with E-state index < -0.39 is 11.9 Å². The first-order valence-corrected chi connectivity index (χ1v) is 15.1. The molecule has 3 amide bonds. The molecular formula is C36H40N6O5. The summed E-state index contributed by atoms with van der Waals surface area (Å²) in [4.78, 5) is 38.1. The zero-order valence-electron chi connectivity index (χ0n) is 26.6. The molecule has 0 unspecified atom stereocenters. The Bertz CT molecular complexity index is 1740. The van der Waals surface area contributed by atoms with Crippen LogP contribution in [-0.2, 0) is 47.2 Å². The minimum atomic E-state index is -0.730. The number of hydrogen-bond acceptors (Lipinski definition) is 6. The van der Waals surface area contributed by atoms with Gasteiger partial charge in [0.2, 0.25) is 0 Å². The van der Waals surface area contributed by atoms with Gasteiger partial charge in [0.15, 0.2) is 5.82 Å². The van der Waals surface area contributed by atoms with Crippen molar-refractivity contribution in [2.75, 3.05) is 6.61 Å². The maximum Gasteiger partial charge on any atom is 0.343 e. The highest BCUT2D eigenvalue weighted by molar-refractivity contribution is 5.81. The topological polar surface area (TPSA) is 145 Å². The summed E-state index contributed by atoms with van der Waals surface area (Å²) < 4.78 is 12.4. The predicted molar refractivity (Wildman–Crippen MR) is 179 cm³/mol. The second kappa shape index (κ2) is 17.8. The lowest BCUT2D eigenvalue weighted by molar-refractivity contribution is -0.130. The minimum absolute atomic E-state index is 0.160. The molecule has 0 saturated carbocycles. The summed E-state index contributed by atoms with van der Waals surface area (Å²) in [6, 6.07) is 34.4. The zero-order chi connectivity index (χ0) is 33.4. The van der Waals surface area contributed by atoms with Crippen LogP contribution in [-0.4, -0.2) is 38.3 Å². The van der Waals surface area contributed by atoms with E-state index in [0.29, 0.717) is 25.6 Å². The number of hydrogen-bond donors (Lipinski definition) is 3. The van der Waals surface area contributed by atoms with Gasteiger partial charge in [0, 0.05) is 0 Å². The van der Waals surface area contributed by atoms with Gasteiger partial charge in [0.05, 0.1) is 26.3 Å². The van der Waals surface area contributed by atoms with Crippen molar-refractivity contribution in [1.82, 2.24) is 25.2 Å². The van der Waals surface area contributed by atoms with Crippen molar-refractivity contribution in [3.63, 3.8) is 0 Å². The van der Waals surface area contributed by atoms with Crippen LogP contribution in [0.5, 0.6) is 0 Å². The molecule has 5 rings (SSSR count). The number of aryl methyl sites for hydroxylation is 2. The third-order valence-corrected chi connectivity index (χ3v) is 6.86. The maximum absolute atomic E-state index is 11.9. The van der Waals surface area contributed by atoms with Crippen LogP contribution in [0.4, 0.5) is 4.79 Å². The summed E-state index contributed by atoms with van der Waals surface area (Å²) in [6.45, 7) is 5.59. The van der Waals surface area contributed by atoms with Crippen LogP contribution in [0.1, 0.15) is 39.2 Å². The molecule has 0 aliphatic carbocycles. The molecule has 5 aromatic rings. The minimum Gasteiger partial charge on any atom is -0.369 e. The first kappa shape index (κ1) is 34.4. The molecular weight excluding hydrogens is 596 g/mol. The van der Waals surface area contributed by atoms with E-state index in [-0.39, 0.29) is 25.4 Å². The number of nitrogens with zero attached hydrogens (tertiary/aromatic N) is 3. The smallest absolute Gasteiger partial charge is 0.343 e. The molecule has 1 aromatic heterocycles. The summed E-state index contributed by atoms with van der Waals surface area (Å²) in [5.41, 5.74) is 13.8. The largest absolute Gasteiger partial charge is 0.369 e. The summed E-state index contributed by atoms with van der Waals surface area (Å²) in [6.07, 6.45) is 0. The first-order chi connectivity index (χ1) is 22.7. The number of H-pyrrole nitrogens is 1. The van der Waals surface area contributed by atoms with E-state index in [1.807, 2.05) is 123 Å². The van der Waals surface area contributed by atoms with Gasteiger partial charge in [0.25, 0.3) is 5.91 Å². The highest BCUT2D eigenvalue weighted by Crippen LogP contribution is 2.07. The van der Waals surface area contributed by atoms with Crippen LogP contribution in [0.3, 0.4) is 0 Å². The second-order valence-electron chi connectivity index (χ2n) is 10.9. The van der Waals surface area contributed by atoms with Crippen molar-refractivity contribution in [3.05, 3.63) is 159 Å². The molecule has 1 heterocycles. The Hall–Kier alpha value is -5.52. The van der Waals surface area contributed by atoms with Gasteiger partial charge in [-0.3, -0.25) is 15.2 Å². The standard InChI is InChI=1S/C18H21N3O3.C18H19N3O2/c1-14-7-9-15(10-8-14)11-21(18(19)23)20-17(22)13-24-12-16-5-3-2-4-6-16;1-14-7-9-15(10-8-14)11-21-18(22)19-17(20-21)13-23-12-16-5-3-2-4-6-16/h2-10H,11-13H2,1H3,(H2,19,23)(H,20,22);2-10H,11-13H2,1H3,(H,19,20,22). The molecule has 0 radical (unpaired) electrons. The lowest BCUT2D eigenvalue weighted by atomic mass is 10.1. The van der Waals surface area contributed by atoms with Crippen molar-refractivity contribution in [2.24, 2.45) is 5.73 Å². The molecule has 0 saturated heterocycles. The van der Waals surface area contributed by atoms with Crippen LogP contribution < -0.4 is 16.8 Å². The monoisotopic (exact) mass is 636 g/mol. The Morgan fingerprint density at radius 1 is 0.745 bits per heavy atom. The number of amides is 3. The summed E-state index contributed by atoms with van der Waals surface area (Å²) >= 11 is 0. The Kier molecular flexibility index (Phi) is 13.0. The van der Waals surface area contributed by atoms with Crippen LogP contribution in [0, 0.1) is 13.8 Å². The average Bonchev–Trinajstić information content (AvgIpc) is 3.42. The quantitative estimate of drug-likeness (QED) is 0.168. The van der Waals surface area contributed by atoms with Crippen molar-refractivity contribution in [3.8, 4) is 0 Å². The highest BCUT2D eigenvalue weighted by atomic mass is 16.5. The number of aromatic nitrogens is 3. The molecule has 11 nitrogen and oxygen atoms in total. The third kappa shape index (κ3) is 12.1. The van der Waals surface area contributed by atoms with E-state index in [1.165, 1.54) is 10.2 Å². The Morgan fingerprint density at radius 2 is 1.28 bits per heavy atom. The van der Waals surface area contributed by atoms with Crippen molar-refractivity contribution >= 4 is 11.9 Å². The van der Waals surface area contributed by atoms with E-state index >= 15 is 0 Å². The molecule has 0 spiro atoms. The molecule has 0 bridgehead atoms. The van der Waals surface area contributed by atoms with Crippen molar-refractivity contribution in [1.29, 1.82) is 0 Å². The van der Waals surface area contributed by atoms with Gasteiger partial charge in [-0.1, -0.05) is 120 Å². The zero-order valence-corrected chi connectivity index (χ0v) is 26.6. The molecule has 4 N–H and O–H groups in total. The number of ether oxygens (including phenoxy) is 2. The highest BCUT2D eigenvalue weighted by Gasteiger charge is 2.14. The molecule has 244 valence electrons. The van der Waals surface area contributed by atoms with E-state index in [1.54, 1.807) is 0 Å². The van der Waals surface area contributed by atoms with E-state index in [9.17, 15) is 14.4 Å². The third-order valence-electron chi connectivity index (χ3n) is 6.86. The summed E-state index contributed by atoms with van der Waals surface area (Å²) in [7, 11) is 0. The van der Waals surface area contributed by atoms with Gasteiger partial charge < -0.3 is 15.2 Å². The fourth-order valence-corrected chi connectivity index (χ4v) is 4.35. The first-order valence-electron chi connectivity index (χ1n) is 15.1. The van der Waals surface area contributed by atoms with E-state index in [0.717, 1.165) is 32.8 Å². The van der Waals surface area contributed by atoms with Gasteiger partial charge in [-0.2, -0.15) is 5.10 Å². The van der Waals surface area contributed by atoms with Gasteiger partial charge in [-0.05, 0) is 36.1 Å². The van der Waals surface area contributed by atoms with Crippen LogP contribution in [0.2, 0.25) is 0 Å². The SMILES string of the molecule is Cc1ccc(CN(NC(=O)COCc2ccccc2)C(N)=O)cc1.Cc1ccc(Cn2nc(COCc3ccccc3)[nH]c2=O)cc1. The van der Waals surface area contributed by atoms with Crippen molar-refractivity contribution < 1.29 is 19.1 Å². The molecule has 0 aliphatic rings. The number of carbonyl (C=O) groups excluding carboxylic acids is 2. The fourth-order valence-electron chi connectivity index (χ4n) is 4.35. The lowest BCUT2D eigenvalue weighted by Crippen LogP contribution is -2.49. The number of benzene rings is 4. The van der Waals surface area contributed by atoms with E-state index in [2.05, 4.69) is 15.5 Å². The number of primary amides is 1. The summed E-state index contributed by atoms with van der Waals surface area (Å²) in [5.74, 6) is 0.106. The van der Waals surface area contributed by atoms with Crippen LogP contribution >= 0.6 is 0 Å². The predicted octanol–water partition coefficient (Wildman–Crippen LogP) is 4.77. The number of carbonyl (C=O) groups is 2. The Labute approximate surface area is 273 Å². The number of hydrazine groups is 1. The molecule has 0 atom stereocenters. The number of urea groups is 1. The number of aromatic amines is 1. The molecule has 4 aromatic carbocycles. The van der Waals surface area contributed by atoms with E-state index in [4.69, 9.17) is 15.2 Å². The van der Waals surface area contributed by atoms with Crippen LogP contribution in [0.15, 0.2) is 114 Å².